The number of hydrogen-bond donors (Lipinski definition) is 0. The Bertz CT molecular complexity index is 641. The Balaban J connectivity index is 2.05. The van der Waals surface area contributed by atoms with Gasteiger partial charge in [0.05, 0.1) is 21.2 Å². The van der Waals surface area contributed by atoms with Crippen molar-refractivity contribution in [2.45, 2.75) is 0 Å². The van der Waals surface area contributed by atoms with E-state index in [1.165, 1.54) is 34.4 Å². The predicted octanol–water partition coefficient (Wildman–Crippen LogP) is 2.92. The average molecular weight is 318 g/mol. The lowest BCUT2D eigenvalue weighted by Crippen LogP contribution is -2.29. The van der Waals surface area contributed by atoms with E-state index < -0.39 is 9.85 Å². The van der Waals surface area contributed by atoms with E-state index in [1.807, 2.05) is 0 Å². The van der Waals surface area contributed by atoms with Crippen molar-refractivity contribution in [1.29, 1.82) is 0 Å². The second-order valence-electron chi connectivity index (χ2n) is 4.62. The van der Waals surface area contributed by atoms with Gasteiger partial charge in [-0.1, -0.05) is 0 Å². The van der Waals surface area contributed by atoms with Crippen molar-refractivity contribution >= 4 is 22.7 Å². The molecule has 0 saturated carbocycles. The first kappa shape index (κ1) is 16.2. The minimum Gasteiger partial charge on any atom is -0.258 e. The Morgan fingerprint density at radius 3 is 1.30 bits per heavy atom. The molecule has 0 unspecified atom stereocenters. The van der Waals surface area contributed by atoms with Crippen LogP contribution in [0.5, 0.6) is 0 Å². The van der Waals surface area contributed by atoms with Gasteiger partial charge in [0.25, 0.3) is 11.4 Å². The Morgan fingerprint density at radius 1 is 0.739 bits per heavy atom. The highest BCUT2D eigenvalue weighted by Gasteiger charge is 2.11. The summed E-state index contributed by atoms with van der Waals surface area (Å²) in [5, 5.41) is 24.1. The smallest absolute Gasteiger partial charge is 0.258 e. The summed E-state index contributed by atoms with van der Waals surface area (Å²) in [4.78, 5) is 25.8. The summed E-state index contributed by atoms with van der Waals surface area (Å²) < 4.78 is 0. The summed E-state index contributed by atoms with van der Waals surface area (Å²) in [6.45, 7) is 0. The van der Waals surface area contributed by atoms with Gasteiger partial charge < -0.3 is 0 Å². The zero-order valence-electron chi connectivity index (χ0n) is 12.4. The van der Waals surface area contributed by atoms with Crippen LogP contribution in [0.3, 0.4) is 0 Å². The van der Waals surface area contributed by atoms with Crippen LogP contribution in [0.15, 0.2) is 48.5 Å². The molecule has 0 aliphatic carbocycles. The first-order valence-electron chi connectivity index (χ1n) is 6.53. The van der Waals surface area contributed by atoms with Crippen LogP contribution in [0, 0.1) is 20.2 Å². The third-order valence-corrected chi connectivity index (χ3v) is 3.09. The largest absolute Gasteiger partial charge is 0.269 e. The average Bonchev–Trinajstić information content (AvgIpc) is 2.54. The Labute approximate surface area is 131 Å². The Hall–Kier alpha value is -3.20. The van der Waals surface area contributed by atoms with Gasteiger partial charge in [-0.05, 0) is 24.3 Å². The van der Waals surface area contributed by atoms with Gasteiger partial charge in [-0.2, -0.15) is 4.94 Å². The number of hydroxylamine groups is 2. The number of benzene rings is 2. The van der Waals surface area contributed by atoms with Crippen molar-refractivity contribution in [2.24, 2.45) is 0 Å². The third kappa shape index (κ3) is 3.92. The van der Waals surface area contributed by atoms with E-state index in [0.29, 0.717) is 11.4 Å². The van der Waals surface area contributed by atoms with Crippen LogP contribution in [0.25, 0.3) is 0 Å². The number of anilines is 2. The van der Waals surface area contributed by atoms with E-state index in [2.05, 4.69) is 0 Å². The van der Waals surface area contributed by atoms with E-state index in [0.717, 1.165) is 0 Å². The molecule has 0 N–H and O–H groups in total. The summed E-state index contributed by atoms with van der Waals surface area (Å²) in [6, 6.07) is 11.7. The maximum atomic E-state index is 10.6. The fourth-order valence-electron chi connectivity index (χ4n) is 1.85. The van der Waals surface area contributed by atoms with Gasteiger partial charge in [-0.3, -0.25) is 20.2 Å². The highest BCUT2D eigenvalue weighted by atomic mass is 16.8. The number of hydrogen-bond acceptors (Lipinski definition) is 7. The summed E-state index contributed by atoms with van der Waals surface area (Å²) in [6.07, 6.45) is 0. The molecule has 0 aromatic heterocycles. The van der Waals surface area contributed by atoms with Crippen molar-refractivity contribution in [2.75, 3.05) is 24.2 Å². The molecule has 0 aliphatic rings. The van der Waals surface area contributed by atoms with Gasteiger partial charge >= 0.3 is 0 Å². The molecular formula is C14H14N4O5. The first-order chi connectivity index (χ1) is 10.9. The van der Waals surface area contributed by atoms with Crippen molar-refractivity contribution in [3.63, 3.8) is 0 Å². The van der Waals surface area contributed by atoms with Gasteiger partial charge in [-0.25, -0.2) is 10.1 Å². The van der Waals surface area contributed by atoms with Crippen LogP contribution >= 0.6 is 0 Å². The van der Waals surface area contributed by atoms with Crippen LogP contribution in [0.2, 0.25) is 0 Å². The standard InChI is InChI=1S/C14H14N4O5/c1-15(11-3-7-13(8-4-11)17(19)20)23-16(2)12-5-9-14(10-6-12)18(21)22/h3-10H,1-2H3. The summed E-state index contributed by atoms with van der Waals surface area (Å²) in [7, 11) is 3.28. The molecule has 2 rings (SSSR count). The fraction of sp³-hybridized carbons (Fsp3) is 0.143. The van der Waals surface area contributed by atoms with Crippen LogP contribution in [-0.2, 0) is 4.94 Å². The first-order valence-corrected chi connectivity index (χ1v) is 6.53. The van der Waals surface area contributed by atoms with Crippen LogP contribution in [-0.4, -0.2) is 23.9 Å². The SMILES string of the molecule is CN(ON(C)c1ccc([N+](=O)[O-])cc1)c1ccc([N+](=O)[O-])cc1. The molecule has 0 bridgehead atoms. The molecule has 2 aromatic carbocycles. The molecule has 0 amide bonds. The second kappa shape index (κ2) is 6.71. The molecule has 0 radical (unpaired) electrons. The third-order valence-electron chi connectivity index (χ3n) is 3.09. The molecule has 9 heteroatoms. The van der Waals surface area contributed by atoms with E-state index in [9.17, 15) is 20.2 Å². The lowest BCUT2D eigenvalue weighted by atomic mass is 10.3. The second-order valence-corrected chi connectivity index (χ2v) is 4.62. The maximum Gasteiger partial charge on any atom is 0.269 e. The molecule has 0 saturated heterocycles. The number of nitro benzene ring substituents is 2. The number of non-ortho nitro benzene ring substituents is 2. The summed E-state index contributed by atoms with van der Waals surface area (Å²) in [5.74, 6) is 0. The Morgan fingerprint density at radius 2 is 1.04 bits per heavy atom. The quantitative estimate of drug-likeness (QED) is 0.596. The van der Waals surface area contributed by atoms with Crippen molar-refractivity contribution in [1.82, 2.24) is 0 Å². The lowest BCUT2D eigenvalue weighted by molar-refractivity contribution is -0.385. The molecule has 0 aliphatic heterocycles. The van der Waals surface area contributed by atoms with Gasteiger partial charge in [-0.15, -0.1) is 0 Å². The molecule has 23 heavy (non-hydrogen) atoms. The van der Waals surface area contributed by atoms with Crippen molar-refractivity contribution in [3.8, 4) is 0 Å². The van der Waals surface area contributed by atoms with E-state index >= 15 is 0 Å². The zero-order chi connectivity index (χ0) is 17.0. The molecule has 120 valence electrons. The van der Waals surface area contributed by atoms with E-state index in [1.54, 1.807) is 38.4 Å². The zero-order valence-corrected chi connectivity index (χ0v) is 12.4. The van der Waals surface area contributed by atoms with E-state index in [-0.39, 0.29) is 11.4 Å². The van der Waals surface area contributed by atoms with Gasteiger partial charge in [0.15, 0.2) is 0 Å². The summed E-state index contributed by atoms with van der Waals surface area (Å²) >= 11 is 0. The lowest BCUT2D eigenvalue weighted by Gasteiger charge is -2.25. The highest BCUT2D eigenvalue weighted by Crippen LogP contribution is 2.22. The predicted molar refractivity (Wildman–Crippen MR) is 84.1 cm³/mol. The molecule has 0 heterocycles. The molecule has 2 aromatic rings. The van der Waals surface area contributed by atoms with Crippen molar-refractivity contribution in [3.05, 3.63) is 68.8 Å². The van der Waals surface area contributed by atoms with Crippen LogP contribution in [0.1, 0.15) is 0 Å². The van der Waals surface area contributed by atoms with Gasteiger partial charge in [0.2, 0.25) is 0 Å². The Kier molecular flexibility index (Phi) is 4.72. The fourth-order valence-corrected chi connectivity index (χ4v) is 1.85. The molecule has 0 fully saturated rings. The topological polar surface area (TPSA) is 102 Å². The minimum absolute atomic E-state index is 0.00845. The molecule has 0 atom stereocenters. The van der Waals surface area contributed by atoms with Crippen molar-refractivity contribution < 1.29 is 14.8 Å². The van der Waals surface area contributed by atoms with E-state index in [4.69, 9.17) is 4.94 Å². The molecular weight excluding hydrogens is 304 g/mol. The maximum absolute atomic E-state index is 10.6. The monoisotopic (exact) mass is 318 g/mol. The number of nitrogens with zero attached hydrogens (tertiary/aromatic N) is 4. The van der Waals surface area contributed by atoms with Crippen LogP contribution in [0.4, 0.5) is 22.7 Å². The van der Waals surface area contributed by atoms with Crippen LogP contribution < -0.4 is 10.1 Å². The minimum atomic E-state index is -0.479. The summed E-state index contributed by atoms with van der Waals surface area (Å²) in [5.41, 5.74) is 1.21. The number of nitro groups is 2. The molecule has 0 spiro atoms. The van der Waals surface area contributed by atoms with Gasteiger partial charge in [0.1, 0.15) is 0 Å². The molecule has 9 nitrogen and oxygen atoms in total. The normalized spacial score (nSPS) is 10.2. The number of rotatable bonds is 6. The highest BCUT2D eigenvalue weighted by molar-refractivity contribution is 5.51. The van der Waals surface area contributed by atoms with Gasteiger partial charge in [0, 0.05) is 38.4 Å².